The van der Waals surface area contributed by atoms with E-state index in [-0.39, 0.29) is 29.4 Å². The van der Waals surface area contributed by atoms with E-state index >= 15 is 0 Å². The summed E-state index contributed by atoms with van der Waals surface area (Å²) in [5.41, 5.74) is 0. The highest BCUT2D eigenvalue weighted by atomic mass is 32.2. The van der Waals surface area contributed by atoms with Gasteiger partial charge in [0.2, 0.25) is 11.8 Å². The second-order valence-corrected chi connectivity index (χ2v) is 9.15. The summed E-state index contributed by atoms with van der Waals surface area (Å²) >= 11 is 0. The van der Waals surface area contributed by atoms with Gasteiger partial charge in [-0.3, -0.25) is 9.89 Å². The average molecular weight is 392 g/mol. The Balaban J connectivity index is 1.65. The third kappa shape index (κ3) is 4.65. The molecule has 1 saturated carbocycles. The second kappa shape index (κ2) is 8.08. The van der Waals surface area contributed by atoms with Crippen molar-refractivity contribution in [1.82, 2.24) is 15.2 Å². The summed E-state index contributed by atoms with van der Waals surface area (Å²) in [7, 11) is -3.54. The van der Waals surface area contributed by atoms with Crippen molar-refractivity contribution in [3.05, 3.63) is 30.5 Å². The molecule has 1 amide bonds. The van der Waals surface area contributed by atoms with E-state index in [0.717, 1.165) is 0 Å². The molecule has 3 rings (SSSR count). The number of carbonyl (C=O) groups excluding carboxylic acids is 1. The molecule has 2 aromatic heterocycles. The van der Waals surface area contributed by atoms with Crippen LogP contribution in [0.25, 0.3) is 0 Å². The van der Waals surface area contributed by atoms with Crippen molar-refractivity contribution >= 4 is 21.6 Å². The molecule has 0 saturated heterocycles. The van der Waals surface area contributed by atoms with Crippen LogP contribution in [0, 0.1) is 5.92 Å². The lowest BCUT2D eigenvalue weighted by molar-refractivity contribution is -0.120. The van der Waals surface area contributed by atoms with Crippen LogP contribution in [0.15, 0.2) is 35.5 Å². The van der Waals surface area contributed by atoms with Gasteiger partial charge in [0.05, 0.1) is 11.4 Å². The van der Waals surface area contributed by atoms with E-state index in [1.165, 1.54) is 12.3 Å². The van der Waals surface area contributed by atoms with Crippen molar-refractivity contribution in [2.75, 3.05) is 5.32 Å². The van der Waals surface area contributed by atoms with Crippen LogP contribution in [-0.4, -0.2) is 40.9 Å². The monoisotopic (exact) mass is 392 g/mol. The number of sulfone groups is 1. The Labute approximate surface area is 158 Å². The highest BCUT2D eigenvalue weighted by Crippen LogP contribution is 2.32. The summed E-state index contributed by atoms with van der Waals surface area (Å²) in [4.78, 5) is 16.6. The molecule has 2 heterocycles. The van der Waals surface area contributed by atoms with Gasteiger partial charge in [-0.25, -0.2) is 13.4 Å². The molecule has 1 fully saturated rings. The normalized spacial score (nSPS) is 20.4. The number of rotatable bonds is 6. The lowest BCUT2D eigenvalue weighted by Gasteiger charge is -2.27. The number of aromatic amines is 1. The van der Waals surface area contributed by atoms with E-state index < -0.39 is 15.1 Å². The number of nitrogens with zero attached hydrogens (tertiary/aromatic N) is 2. The number of anilines is 1. The van der Waals surface area contributed by atoms with Crippen molar-refractivity contribution in [3.8, 4) is 5.88 Å². The maximum Gasteiger partial charge on any atom is 0.234 e. The molecule has 1 aliphatic carbocycles. The van der Waals surface area contributed by atoms with Crippen LogP contribution in [0.1, 0.15) is 39.5 Å². The largest absolute Gasteiger partial charge is 0.474 e. The van der Waals surface area contributed by atoms with Crippen LogP contribution >= 0.6 is 0 Å². The van der Waals surface area contributed by atoms with Crippen molar-refractivity contribution in [2.45, 2.75) is 55.9 Å². The fraction of sp³-hybridized carbons (Fsp3) is 0.500. The van der Waals surface area contributed by atoms with Gasteiger partial charge in [-0.2, -0.15) is 0 Å². The molecule has 0 bridgehead atoms. The number of hydrogen-bond acceptors (Lipinski definition) is 6. The molecule has 0 radical (unpaired) electrons. The standard InChI is InChI=1S/C18H24N4O4S/c1-12(2)26-16-11-15(21-22-16)20-18(23)13-6-5-7-14(10-13)27(24,25)17-8-3-4-9-19-17/h3-4,8-9,11-14H,5-7,10H2,1-2H3,(H2,20,21,22,23)/t13-,14+/m1/s1. The van der Waals surface area contributed by atoms with E-state index in [9.17, 15) is 13.2 Å². The molecule has 146 valence electrons. The van der Waals surface area contributed by atoms with Crippen molar-refractivity contribution < 1.29 is 17.9 Å². The van der Waals surface area contributed by atoms with Crippen molar-refractivity contribution in [2.24, 2.45) is 5.92 Å². The summed E-state index contributed by atoms with van der Waals surface area (Å²) < 4.78 is 31.0. The molecule has 0 unspecified atom stereocenters. The molecule has 1 aliphatic rings. The Morgan fingerprint density at radius 1 is 1.33 bits per heavy atom. The minimum atomic E-state index is -3.54. The molecular weight excluding hydrogens is 368 g/mol. The van der Waals surface area contributed by atoms with Gasteiger partial charge in [-0.1, -0.05) is 12.5 Å². The third-order valence-corrected chi connectivity index (χ3v) is 6.66. The maximum atomic E-state index is 12.8. The zero-order valence-corrected chi connectivity index (χ0v) is 16.2. The number of pyridine rings is 1. The molecular formula is C18H24N4O4S. The van der Waals surface area contributed by atoms with E-state index in [1.807, 2.05) is 13.8 Å². The highest BCUT2D eigenvalue weighted by Gasteiger charge is 2.36. The Hall–Kier alpha value is -2.42. The zero-order valence-electron chi connectivity index (χ0n) is 15.4. The molecule has 9 heteroatoms. The zero-order chi connectivity index (χ0) is 19.4. The predicted octanol–water partition coefficient (Wildman–Crippen LogP) is 2.56. The van der Waals surface area contributed by atoms with Crippen LogP contribution < -0.4 is 10.1 Å². The highest BCUT2D eigenvalue weighted by molar-refractivity contribution is 7.92. The fourth-order valence-electron chi connectivity index (χ4n) is 3.26. The van der Waals surface area contributed by atoms with Crippen LogP contribution in [0.3, 0.4) is 0 Å². The number of ether oxygens (including phenoxy) is 1. The van der Waals surface area contributed by atoms with Gasteiger partial charge >= 0.3 is 0 Å². The van der Waals surface area contributed by atoms with Crippen LogP contribution in [-0.2, 0) is 14.6 Å². The first kappa shape index (κ1) is 19.3. The van der Waals surface area contributed by atoms with Crippen LogP contribution in [0.4, 0.5) is 5.82 Å². The van der Waals surface area contributed by atoms with E-state index in [1.54, 1.807) is 18.2 Å². The Morgan fingerprint density at radius 2 is 2.15 bits per heavy atom. The van der Waals surface area contributed by atoms with E-state index in [2.05, 4.69) is 20.5 Å². The van der Waals surface area contributed by atoms with E-state index in [0.29, 0.717) is 31.0 Å². The average Bonchev–Trinajstić information content (AvgIpc) is 3.08. The number of H-pyrrole nitrogens is 1. The number of amides is 1. The van der Waals surface area contributed by atoms with Gasteiger partial charge in [-0.05, 0) is 45.2 Å². The Bertz CT molecular complexity index is 880. The summed E-state index contributed by atoms with van der Waals surface area (Å²) in [5, 5.41) is 8.94. The number of aromatic nitrogens is 3. The molecule has 8 nitrogen and oxygen atoms in total. The van der Waals surface area contributed by atoms with Crippen LogP contribution in [0.2, 0.25) is 0 Å². The Kier molecular flexibility index (Phi) is 5.79. The van der Waals surface area contributed by atoms with Gasteiger partial charge in [0.25, 0.3) is 0 Å². The number of carbonyl (C=O) groups is 1. The first-order chi connectivity index (χ1) is 12.9. The number of hydrogen-bond donors (Lipinski definition) is 2. The molecule has 27 heavy (non-hydrogen) atoms. The van der Waals surface area contributed by atoms with Crippen molar-refractivity contribution in [1.29, 1.82) is 0 Å². The first-order valence-electron chi connectivity index (χ1n) is 9.04. The summed E-state index contributed by atoms with van der Waals surface area (Å²) in [5.74, 6) is 0.251. The summed E-state index contributed by atoms with van der Waals surface area (Å²) in [6.45, 7) is 3.77. The topological polar surface area (TPSA) is 114 Å². The molecule has 0 aromatic carbocycles. The molecule has 2 N–H and O–H groups in total. The molecule has 2 aromatic rings. The fourth-order valence-corrected chi connectivity index (χ4v) is 5.04. The van der Waals surface area contributed by atoms with E-state index in [4.69, 9.17) is 4.74 Å². The third-order valence-electron chi connectivity index (χ3n) is 4.53. The smallest absolute Gasteiger partial charge is 0.234 e. The summed E-state index contributed by atoms with van der Waals surface area (Å²) in [6.07, 6.45) is 3.61. The number of nitrogens with one attached hydrogen (secondary N) is 2. The van der Waals surface area contributed by atoms with Gasteiger partial charge in [0.15, 0.2) is 14.9 Å². The second-order valence-electron chi connectivity index (χ2n) is 6.97. The summed E-state index contributed by atoms with van der Waals surface area (Å²) in [6, 6.07) is 6.45. The van der Waals surface area contributed by atoms with Gasteiger partial charge in [0.1, 0.15) is 5.82 Å². The lowest BCUT2D eigenvalue weighted by atomic mass is 9.88. The maximum absolute atomic E-state index is 12.8. The van der Waals surface area contributed by atoms with Gasteiger partial charge in [0, 0.05) is 18.2 Å². The van der Waals surface area contributed by atoms with Crippen LogP contribution in [0.5, 0.6) is 5.88 Å². The quantitative estimate of drug-likeness (QED) is 0.781. The Morgan fingerprint density at radius 3 is 2.85 bits per heavy atom. The van der Waals surface area contributed by atoms with Gasteiger partial charge < -0.3 is 10.1 Å². The molecule has 0 aliphatic heterocycles. The molecule has 0 spiro atoms. The first-order valence-corrected chi connectivity index (χ1v) is 10.6. The van der Waals surface area contributed by atoms with Crippen molar-refractivity contribution in [3.63, 3.8) is 0 Å². The van der Waals surface area contributed by atoms with Gasteiger partial charge in [-0.15, -0.1) is 5.10 Å². The minimum absolute atomic E-state index is 0.0206. The SMILES string of the molecule is CC(C)Oc1cc(NC(=O)[C@@H]2CCC[C@H](S(=O)(=O)c3ccccn3)C2)[nH]n1. The molecule has 2 atom stereocenters. The predicted molar refractivity (Wildman–Crippen MR) is 100 cm³/mol. The minimum Gasteiger partial charge on any atom is -0.474 e. The lowest BCUT2D eigenvalue weighted by Crippen LogP contribution is -2.34.